The minimum atomic E-state index is -2.22. The molecule has 0 bridgehead atoms. The van der Waals surface area contributed by atoms with Crippen molar-refractivity contribution in [1.29, 1.82) is 0 Å². The summed E-state index contributed by atoms with van der Waals surface area (Å²) in [7, 11) is 1.13. The molecule has 1 aromatic heterocycles. The van der Waals surface area contributed by atoms with Crippen molar-refractivity contribution in [1.82, 2.24) is 4.98 Å². The van der Waals surface area contributed by atoms with Gasteiger partial charge in [0, 0.05) is 11.8 Å². The van der Waals surface area contributed by atoms with Crippen LogP contribution >= 0.6 is 0 Å². The van der Waals surface area contributed by atoms with Gasteiger partial charge in [-0.3, -0.25) is 4.98 Å². The molecule has 5 nitrogen and oxygen atoms in total. The van der Waals surface area contributed by atoms with Crippen molar-refractivity contribution in [3.05, 3.63) is 34.5 Å². The van der Waals surface area contributed by atoms with Gasteiger partial charge in [0.05, 0.1) is 12.8 Å². The summed E-state index contributed by atoms with van der Waals surface area (Å²) in [5.74, 6) is -0.962. The van der Waals surface area contributed by atoms with Crippen molar-refractivity contribution in [2.24, 2.45) is 5.18 Å². The number of methoxy groups -OCH3 is 1. The first-order chi connectivity index (χ1) is 8.13. The number of aromatic nitrogens is 1. The fourth-order valence-corrected chi connectivity index (χ4v) is 2.10. The number of nitroso groups, excluding NO2 is 1. The summed E-state index contributed by atoms with van der Waals surface area (Å²) in [6.07, 6.45) is 1.48. The molecule has 1 heterocycles. The highest BCUT2D eigenvalue weighted by atomic mass is 19.1. The lowest BCUT2D eigenvalue weighted by Crippen LogP contribution is -2.37. The number of carbonyl (C=O) groups is 1. The summed E-state index contributed by atoms with van der Waals surface area (Å²) >= 11 is 0. The molecule has 0 saturated carbocycles. The largest absolute Gasteiger partial charge is 0.466 e. The van der Waals surface area contributed by atoms with Gasteiger partial charge < -0.3 is 4.74 Å². The second-order valence-electron chi connectivity index (χ2n) is 3.89. The normalized spacial score (nSPS) is 27.1. The monoisotopic (exact) mass is 238 g/mol. The Morgan fingerprint density at radius 2 is 2.47 bits per heavy atom. The van der Waals surface area contributed by atoms with Gasteiger partial charge in [0.15, 0.2) is 0 Å². The number of halogens is 1. The number of rotatable bonds is 2. The van der Waals surface area contributed by atoms with Crippen LogP contribution in [0.3, 0.4) is 0 Å². The zero-order valence-corrected chi connectivity index (χ0v) is 9.22. The first-order valence-electron chi connectivity index (χ1n) is 5.18. The quantitative estimate of drug-likeness (QED) is 0.583. The molecule has 1 aliphatic rings. The van der Waals surface area contributed by atoms with Crippen LogP contribution in [0.25, 0.3) is 0 Å². The van der Waals surface area contributed by atoms with Gasteiger partial charge in [0.25, 0.3) is 0 Å². The topological polar surface area (TPSA) is 68.6 Å². The average molecular weight is 238 g/mol. The third-order valence-corrected chi connectivity index (χ3v) is 2.98. The molecule has 1 aliphatic carbocycles. The summed E-state index contributed by atoms with van der Waals surface area (Å²) in [5.41, 5.74) is -1.91. The molecule has 1 unspecified atom stereocenters. The number of alkyl halides is 1. The van der Waals surface area contributed by atoms with Crippen LogP contribution in [0.2, 0.25) is 0 Å². The lowest BCUT2D eigenvalue weighted by Gasteiger charge is -2.30. The molecule has 0 N–H and O–H groups in total. The molecule has 0 fully saturated rings. The van der Waals surface area contributed by atoms with E-state index in [1.54, 1.807) is 0 Å². The van der Waals surface area contributed by atoms with Gasteiger partial charge in [-0.2, -0.15) is 4.91 Å². The maximum atomic E-state index is 14.6. The van der Waals surface area contributed by atoms with Gasteiger partial charge in [0.2, 0.25) is 5.67 Å². The van der Waals surface area contributed by atoms with Crippen LogP contribution in [0, 0.1) is 4.91 Å². The Labute approximate surface area is 97.0 Å². The molecule has 0 spiro atoms. The zero-order chi connectivity index (χ0) is 12.5. The first-order valence-corrected chi connectivity index (χ1v) is 5.18. The van der Waals surface area contributed by atoms with E-state index in [-0.39, 0.29) is 24.1 Å². The van der Waals surface area contributed by atoms with Crippen LogP contribution in [-0.2, 0) is 15.2 Å². The van der Waals surface area contributed by atoms with Gasteiger partial charge >= 0.3 is 5.97 Å². The van der Waals surface area contributed by atoms with Crippen LogP contribution in [0.15, 0.2) is 23.5 Å². The highest BCUT2D eigenvalue weighted by molar-refractivity contribution is 5.82. The van der Waals surface area contributed by atoms with Gasteiger partial charge in [-0.25, -0.2) is 9.18 Å². The molecule has 2 rings (SSSR count). The summed E-state index contributed by atoms with van der Waals surface area (Å²) in [4.78, 5) is 26.1. The molecular weight excluding hydrogens is 227 g/mol. The van der Waals surface area contributed by atoms with Crippen molar-refractivity contribution in [2.75, 3.05) is 7.11 Å². The maximum Gasteiger partial charge on any atom is 0.348 e. The molecular formula is C11H11FN2O3. The van der Waals surface area contributed by atoms with E-state index in [9.17, 15) is 14.1 Å². The van der Waals surface area contributed by atoms with Gasteiger partial charge in [-0.1, -0.05) is 11.2 Å². The predicted molar refractivity (Wildman–Crippen MR) is 56.8 cm³/mol. The van der Waals surface area contributed by atoms with E-state index in [0.717, 1.165) is 7.11 Å². The van der Waals surface area contributed by atoms with Gasteiger partial charge in [-0.05, 0) is 18.9 Å². The zero-order valence-electron chi connectivity index (χ0n) is 9.22. The fourth-order valence-electron chi connectivity index (χ4n) is 2.10. The van der Waals surface area contributed by atoms with Crippen LogP contribution in [0.1, 0.15) is 30.1 Å². The van der Waals surface area contributed by atoms with E-state index in [4.69, 9.17) is 0 Å². The lowest BCUT2D eigenvalue weighted by molar-refractivity contribution is -0.156. The van der Waals surface area contributed by atoms with Gasteiger partial charge in [0.1, 0.15) is 6.04 Å². The predicted octanol–water partition coefficient (Wildman–Crippen LogP) is 2.02. The van der Waals surface area contributed by atoms with E-state index in [0.29, 0.717) is 0 Å². The number of hydrogen-bond acceptors (Lipinski definition) is 5. The van der Waals surface area contributed by atoms with Crippen LogP contribution in [0.4, 0.5) is 4.39 Å². The summed E-state index contributed by atoms with van der Waals surface area (Å²) < 4.78 is 19.1. The van der Waals surface area contributed by atoms with Crippen molar-refractivity contribution in [3.8, 4) is 0 Å². The molecule has 0 aliphatic heterocycles. The number of pyridine rings is 1. The number of nitrogens with zero attached hydrogens (tertiary/aromatic N) is 2. The molecule has 0 amide bonds. The Morgan fingerprint density at radius 3 is 3.12 bits per heavy atom. The third kappa shape index (κ3) is 1.69. The minimum absolute atomic E-state index is 0.0858. The Bertz CT molecular complexity index is 466. The highest BCUT2D eigenvalue weighted by Crippen LogP contribution is 2.44. The summed E-state index contributed by atoms with van der Waals surface area (Å²) in [5, 5.41) is 2.91. The Balaban J connectivity index is 2.54. The highest BCUT2D eigenvalue weighted by Gasteiger charge is 2.48. The van der Waals surface area contributed by atoms with Crippen molar-refractivity contribution in [3.63, 3.8) is 0 Å². The smallest absolute Gasteiger partial charge is 0.348 e. The minimum Gasteiger partial charge on any atom is -0.466 e. The van der Waals surface area contributed by atoms with Crippen molar-refractivity contribution in [2.45, 2.75) is 24.6 Å². The Kier molecular flexibility index (Phi) is 2.87. The Hall–Kier alpha value is -1.85. The second-order valence-corrected chi connectivity index (χ2v) is 3.89. The standard InChI is InChI=1S/C11H11FN2O3/c1-17-10(15)11(12)5-4-8(14-16)9-7(11)3-2-6-13-9/h2-3,6,8H,4-5H2,1H3/t8?,11-/m0/s1. The average Bonchev–Trinajstić information content (AvgIpc) is 2.38. The number of hydrogen-bond donors (Lipinski definition) is 0. The number of ether oxygens (including phenoxy) is 1. The third-order valence-electron chi connectivity index (χ3n) is 2.98. The van der Waals surface area contributed by atoms with E-state index in [2.05, 4.69) is 14.9 Å². The number of fused-ring (bicyclic) bond motifs is 1. The van der Waals surface area contributed by atoms with Crippen LogP contribution in [-0.4, -0.2) is 18.1 Å². The molecule has 2 atom stereocenters. The molecule has 0 saturated heterocycles. The van der Waals surface area contributed by atoms with E-state index >= 15 is 0 Å². The SMILES string of the molecule is COC(=O)[C@]1(F)CCC(N=O)c2ncccc21. The maximum absolute atomic E-state index is 14.6. The van der Waals surface area contributed by atoms with Crippen LogP contribution < -0.4 is 0 Å². The molecule has 6 heteroatoms. The molecule has 17 heavy (non-hydrogen) atoms. The van der Waals surface area contributed by atoms with Crippen molar-refractivity contribution < 1.29 is 13.9 Å². The first kappa shape index (κ1) is 11.6. The van der Waals surface area contributed by atoms with E-state index in [1.165, 1.54) is 18.3 Å². The Morgan fingerprint density at radius 1 is 1.71 bits per heavy atom. The van der Waals surface area contributed by atoms with E-state index in [1.807, 2.05) is 0 Å². The molecule has 0 aromatic carbocycles. The summed E-state index contributed by atoms with van der Waals surface area (Å²) in [6.45, 7) is 0. The van der Waals surface area contributed by atoms with E-state index < -0.39 is 17.7 Å². The lowest BCUT2D eigenvalue weighted by atomic mass is 9.81. The number of esters is 1. The molecule has 1 aromatic rings. The number of carbonyl (C=O) groups excluding carboxylic acids is 1. The van der Waals surface area contributed by atoms with Crippen LogP contribution in [0.5, 0.6) is 0 Å². The molecule has 90 valence electrons. The second kappa shape index (κ2) is 4.20. The molecule has 0 radical (unpaired) electrons. The summed E-state index contributed by atoms with van der Waals surface area (Å²) in [6, 6.07) is 2.26. The van der Waals surface area contributed by atoms with Crippen molar-refractivity contribution >= 4 is 5.97 Å². The van der Waals surface area contributed by atoms with Gasteiger partial charge in [-0.15, -0.1) is 0 Å². The fraction of sp³-hybridized carbons (Fsp3) is 0.455.